The van der Waals surface area contributed by atoms with E-state index < -0.39 is 10.0 Å². The van der Waals surface area contributed by atoms with Crippen molar-refractivity contribution >= 4 is 33.4 Å². The first-order valence-electron chi connectivity index (χ1n) is 8.17. The summed E-state index contributed by atoms with van der Waals surface area (Å²) >= 11 is 1.22. The number of nitrogens with one attached hydrogen (secondary N) is 1. The zero-order valence-electron chi connectivity index (χ0n) is 15.5. The van der Waals surface area contributed by atoms with Crippen molar-refractivity contribution in [2.75, 3.05) is 25.2 Å². The molecule has 0 atom stereocenters. The van der Waals surface area contributed by atoms with Gasteiger partial charge < -0.3 is 14.3 Å². The molecule has 28 heavy (non-hydrogen) atoms. The zero-order valence-corrected chi connectivity index (χ0v) is 17.1. The first kappa shape index (κ1) is 20.1. The number of sulfonamides is 1. The number of amides is 1. The number of carbonyl (C=O) groups is 1. The van der Waals surface area contributed by atoms with E-state index in [9.17, 15) is 13.2 Å². The summed E-state index contributed by atoms with van der Waals surface area (Å²) in [4.78, 5) is 12.4. The number of nitrogens with zero attached hydrogens (tertiary/aromatic N) is 4. The maximum atomic E-state index is 12.3. The molecule has 2 heterocycles. The van der Waals surface area contributed by atoms with Crippen molar-refractivity contribution in [2.24, 2.45) is 7.05 Å². The number of hydrogen-bond donors (Lipinski definition) is 1. The van der Waals surface area contributed by atoms with Gasteiger partial charge in [0.25, 0.3) is 0 Å². The smallest absolute Gasteiger partial charge is 0.242 e. The number of hydrogen-bond acceptors (Lipinski definition) is 7. The fourth-order valence-electron chi connectivity index (χ4n) is 2.33. The predicted octanol–water partition coefficient (Wildman–Crippen LogP) is 2.06. The molecule has 0 aliphatic carbocycles. The molecule has 0 saturated heterocycles. The van der Waals surface area contributed by atoms with Crippen LogP contribution in [0.4, 0.5) is 5.69 Å². The first-order valence-corrected chi connectivity index (χ1v) is 10.6. The summed E-state index contributed by atoms with van der Waals surface area (Å²) in [6.07, 6.45) is 1.55. The van der Waals surface area contributed by atoms with Gasteiger partial charge in [-0.2, -0.15) is 0 Å². The van der Waals surface area contributed by atoms with E-state index >= 15 is 0 Å². The van der Waals surface area contributed by atoms with Crippen LogP contribution in [0.5, 0.6) is 0 Å². The standard InChI is InChI=1S/C17H19N5O4S2/c1-21(2)28(24,25)13-7-4-6-12(10-13)18-15(23)11-27-17-20-19-16(22(17)3)14-8-5-9-26-14/h4-10H,11H2,1-3H3,(H,18,23). The van der Waals surface area contributed by atoms with Gasteiger partial charge in [0.2, 0.25) is 15.9 Å². The van der Waals surface area contributed by atoms with Gasteiger partial charge in [-0.3, -0.25) is 4.79 Å². The van der Waals surface area contributed by atoms with E-state index in [1.165, 1.54) is 38.0 Å². The van der Waals surface area contributed by atoms with Gasteiger partial charge >= 0.3 is 0 Å². The third-order valence-corrected chi connectivity index (χ3v) is 6.64. The molecule has 9 nitrogen and oxygen atoms in total. The normalized spacial score (nSPS) is 11.7. The lowest BCUT2D eigenvalue weighted by molar-refractivity contribution is -0.113. The highest BCUT2D eigenvalue weighted by molar-refractivity contribution is 7.99. The molecule has 1 aromatic carbocycles. The van der Waals surface area contributed by atoms with Crippen LogP contribution in [0, 0.1) is 0 Å². The van der Waals surface area contributed by atoms with Crippen LogP contribution in [0.15, 0.2) is 57.1 Å². The van der Waals surface area contributed by atoms with Gasteiger partial charge in [-0.05, 0) is 30.3 Å². The number of benzene rings is 1. The van der Waals surface area contributed by atoms with Gasteiger partial charge in [-0.15, -0.1) is 10.2 Å². The highest BCUT2D eigenvalue weighted by atomic mass is 32.2. The summed E-state index contributed by atoms with van der Waals surface area (Å²) in [6.45, 7) is 0. The lowest BCUT2D eigenvalue weighted by Gasteiger charge is -2.12. The third kappa shape index (κ3) is 4.26. The fraction of sp³-hybridized carbons (Fsp3) is 0.235. The van der Waals surface area contributed by atoms with Crippen LogP contribution < -0.4 is 5.32 Å². The second-order valence-electron chi connectivity index (χ2n) is 5.99. The molecular formula is C17H19N5O4S2. The minimum atomic E-state index is -3.57. The van der Waals surface area contributed by atoms with E-state index in [-0.39, 0.29) is 16.6 Å². The lowest BCUT2D eigenvalue weighted by atomic mass is 10.3. The fourth-order valence-corrected chi connectivity index (χ4v) is 3.99. The molecule has 0 radical (unpaired) electrons. The van der Waals surface area contributed by atoms with Crippen molar-refractivity contribution in [1.29, 1.82) is 0 Å². The zero-order chi connectivity index (χ0) is 20.3. The molecular weight excluding hydrogens is 402 g/mol. The van der Waals surface area contributed by atoms with Gasteiger partial charge in [0.1, 0.15) is 0 Å². The number of furan rings is 1. The minimum absolute atomic E-state index is 0.0920. The summed E-state index contributed by atoms with van der Waals surface area (Å²) in [5, 5.41) is 11.4. The summed E-state index contributed by atoms with van der Waals surface area (Å²) in [5.41, 5.74) is 0.405. The average Bonchev–Trinajstić information content (AvgIpc) is 3.30. The molecule has 3 rings (SSSR count). The average molecular weight is 422 g/mol. The van der Waals surface area contributed by atoms with Gasteiger partial charge in [-0.25, -0.2) is 12.7 Å². The molecule has 0 fully saturated rings. The van der Waals surface area contributed by atoms with Crippen LogP contribution in [0.25, 0.3) is 11.6 Å². The maximum absolute atomic E-state index is 12.3. The molecule has 0 aliphatic rings. The Labute approximate surface area is 166 Å². The van der Waals surface area contributed by atoms with Crippen LogP contribution in [-0.2, 0) is 21.9 Å². The highest BCUT2D eigenvalue weighted by Crippen LogP contribution is 2.23. The molecule has 0 spiro atoms. The Morgan fingerprint density at radius 3 is 2.71 bits per heavy atom. The van der Waals surface area contributed by atoms with Crippen LogP contribution in [0.1, 0.15) is 0 Å². The number of thioether (sulfide) groups is 1. The van der Waals surface area contributed by atoms with E-state index in [0.29, 0.717) is 22.4 Å². The molecule has 1 N–H and O–H groups in total. The number of rotatable bonds is 7. The Kier molecular flexibility index (Phi) is 5.87. The van der Waals surface area contributed by atoms with E-state index in [1.54, 1.807) is 42.1 Å². The van der Waals surface area contributed by atoms with E-state index in [1.807, 2.05) is 0 Å². The molecule has 11 heteroatoms. The molecule has 0 bridgehead atoms. The van der Waals surface area contributed by atoms with Crippen LogP contribution in [0.2, 0.25) is 0 Å². The Balaban J connectivity index is 1.64. The lowest BCUT2D eigenvalue weighted by Crippen LogP contribution is -2.22. The molecule has 1 amide bonds. The third-order valence-electron chi connectivity index (χ3n) is 3.81. The number of carbonyl (C=O) groups excluding carboxylic acids is 1. The summed E-state index contributed by atoms with van der Waals surface area (Å²) in [6, 6.07) is 9.66. The number of aromatic nitrogens is 3. The minimum Gasteiger partial charge on any atom is -0.461 e. The van der Waals surface area contributed by atoms with Crippen LogP contribution >= 0.6 is 11.8 Å². The van der Waals surface area contributed by atoms with Crippen molar-refractivity contribution in [1.82, 2.24) is 19.1 Å². The first-order chi connectivity index (χ1) is 13.3. The van der Waals surface area contributed by atoms with Gasteiger partial charge in [-0.1, -0.05) is 17.8 Å². The number of anilines is 1. The van der Waals surface area contributed by atoms with E-state index in [2.05, 4.69) is 15.5 Å². The SMILES string of the molecule is CN(C)S(=O)(=O)c1cccc(NC(=O)CSc2nnc(-c3ccco3)n2C)c1. The summed E-state index contributed by atoms with van der Waals surface area (Å²) in [7, 11) is 1.12. The topological polar surface area (TPSA) is 110 Å². The van der Waals surface area contributed by atoms with Crippen molar-refractivity contribution in [3.63, 3.8) is 0 Å². The van der Waals surface area contributed by atoms with Crippen LogP contribution in [-0.4, -0.2) is 53.2 Å². The molecule has 3 aromatic rings. The van der Waals surface area contributed by atoms with E-state index in [4.69, 9.17) is 4.42 Å². The van der Waals surface area contributed by atoms with Crippen molar-refractivity contribution in [3.05, 3.63) is 42.7 Å². The molecule has 148 valence electrons. The second kappa shape index (κ2) is 8.17. The highest BCUT2D eigenvalue weighted by Gasteiger charge is 2.18. The Bertz CT molecular complexity index is 1070. The Morgan fingerprint density at radius 1 is 1.25 bits per heavy atom. The monoisotopic (exact) mass is 421 g/mol. The molecule has 0 saturated carbocycles. The van der Waals surface area contributed by atoms with Gasteiger partial charge in [0, 0.05) is 26.8 Å². The van der Waals surface area contributed by atoms with Crippen molar-refractivity contribution in [2.45, 2.75) is 10.1 Å². The summed E-state index contributed by atoms with van der Waals surface area (Å²) < 4.78 is 32.6. The van der Waals surface area contributed by atoms with Gasteiger partial charge in [0.05, 0.1) is 16.9 Å². The predicted molar refractivity (Wildman–Crippen MR) is 105 cm³/mol. The Morgan fingerprint density at radius 2 is 2.04 bits per heavy atom. The molecule has 0 unspecified atom stereocenters. The second-order valence-corrected chi connectivity index (χ2v) is 9.09. The van der Waals surface area contributed by atoms with Crippen molar-refractivity contribution in [3.8, 4) is 11.6 Å². The molecule has 2 aromatic heterocycles. The molecule has 0 aliphatic heterocycles. The summed E-state index contributed by atoms with van der Waals surface area (Å²) in [5.74, 6) is 0.959. The Hall–Kier alpha value is -2.63. The van der Waals surface area contributed by atoms with Crippen LogP contribution in [0.3, 0.4) is 0 Å². The quantitative estimate of drug-likeness (QED) is 0.581. The largest absolute Gasteiger partial charge is 0.461 e. The maximum Gasteiger partial charge on any atom is 0.242 e. The van der Waals surface area contributed by atoms with Crippen molar-refractivity contribution < 1.29 is 17.6 Å². The van der Waals surface area contributed by atoms with E-state index in [0.717, 1.165) is 4.31 Å². The van der Waals surface area contributed by atoms with Gasteiger partial charge in [0.15, 0.2) is 16.7 Å².